The Balaban J connectivity index is 1.90. The highest BCUT2D eigenvalue weighted by Gasteiger charge is 2.34. The van der Waals surface area contributed by atoms with E-state index in [4.69, 9.17) is 9.47 Å². The average Bonchev–Trinajstić information content (AvgIpc) is 2.82. The highest BCUT2D eigenvalue weighted by Crippen LogP contribution is 2.32. The van der Waals surface area contributed by atoms with E-state index < -0.39 is 5.91 Å². The second kappa shape index (κ2) is 10.6. The maximum Gasteiger partial charge on any atom is 0.271 e. The van der Waals surface area contributed by atoms with Gasteiger partial charge in [-0.2, -0.15) is 5.26 Å². The topological polar surface area (TPSA) is 79.6 Å². The number of aryl methyl sites for hydroxylation is 1. The van der Waals surface area contributed by atoms with Crippen molar-refractivity contribution >= 4 is 17.9 Å². The smallest absolute Gasteiger partial charge is 0.271 e. The Morgan fingerprint density at radius 1 is 1.03 bits per heavy atom. The van der Waals surface area contributed by atoms with Gasteiger partial charge >= 0.3 is 0 Å². The molecule has 170 valence electrons. The van der Waals surface area contributed by atoms with E-state index in [0.717, 1.165) is 16.9 Å². The fourth-order valence-corrected chi connectivity index (χ4v) is 3.55. The fraction of sp³-hybridized carbons (Fsp3) is 0.296. The average molecular weight is 445 g/mol. The highest BCUT2D eigenvalue weighted by molar-refractivity contribution is 6.19. The number of hydrogen-bond donors (Lipinski definition) is 0. The van der Waals surface area contributed by atoms with Crippen molar-refractivity contribution in [3.05, 3.63) is 75.9 Å². The predicted molar refractivity (Wildman–Crippen MR) is 126 cm³/mol. The molecule has 0 aromatic heterocycles. The minimum atomic E-state index is -0.525. The molecule has 0 N–H and O–H groups in total. The molecule has 1 heterocycles. The van der Waals surface area contributed by atoms with Crippen LogP contribution in [0.3, 0.4) is 0 Å². The molecule has 2 aromatic rings. The molecule has 33 heavy (non-hydrogen) atoms. The first-order chi connectivity index (χ1) is 15.9. The lowest BCUT2D eigenvalue weighted by Crippen LogP contribution is -2.43. The van der Waals surface area contributed by atoms with Crippen molar-refractivity contribution in [2.45, 2.75) is 40.2 Å². The molecule has 0 fully saturated rings. The normalized spacial score (nSPS) is 15.1. The molecule has 2 amide bonds. The van der Waals surface area contributed by atoms with Crippen molar-refractivity contribution in [3.63, 3.8) is 0 Å². The molecule has 0 saturated carbocycles. The van der Waals surface area contributed by atoms with E-state index in [1.54, 1.807) is 32.2 Å². The van der Waals surface area contributed by atoms with Crippen LogP contribution in [-0.2, 0) is 16.2 Å². The van der Waals surface area contributed by atoms with Gasteiger partial charge in [-0.05, 0) is 55.2 Å². The molecular weight excluding hydrogens is 416 g/mol. The van der Waals surface area contributed by atoms with Gasteiger partial charge in [-0.25, -0.2) is 0 Å². The summed E-state index contributed by atoms with van der Waals surface area (Å²) in [5, 5.41) is 9.50. The van der Waals surface area contributed by atoms with Crippen LogP contribution in [0.15, 0.2) is 59.2 Å². The van der Waals surface area contributed by atoms with Gasteiger partial charge in [-0.1, -0.05) is 49.2 Å². The Morgan fingerprint density at radius 2 is 1.76 bits per heavy atom. The number of carbonyl (C=O) groups excluding carboxylic acids is 2. The predicted octanol–water partition coefficient (Wildman–Crippen LogP) is 4.98. The third-order valence-electron chi connectivity index (χ3n) is 5.57. The fourth-order valence-electron chi connectivity index (χ4n) is 3.55. The molecule has 0 saturated heterocycles. The third kappa shape index (κ3) is 5.32. The van der Waals surface area contributed by atoms with E-state index in [2.05, 4.69) is 0 Å². The van der Waals surface area contributed by atoms with Crippen molar-refractivity contribution in [1.29, 1.82) is 5.26 Å². The number of methoxy groups -OCH3 is 1. The zero-order valence-electron chi connectivity index (χ0n) is 19.5. The lowest BCUT2D eigenvalue weighted by atomic mass is 9.93. The van der Waals surface area contributed by atoms with Gasteiger partial charge in [-0.15, -0.1) is 0 Å². The minimum Gasteiger partial charge on any atom is -0.493 e. The summed E-state index contributed by atoms with van der Waals surface area (Å²) in [7, 11) is 1.56. The molecule has 0 spiro atoms. The van der Waals surface area contributed by atoms with Gasteiger partial charge in [0.2, 0.25) is 0 Å². The standard InChI is InChI=1S/C27H28N2O4/c1-5-6-13-29-26(30)22(19(3)23(16-28)27(29)31)14-21-11-12-24(25(15-21)32-4)33-17-20-9-7-18(2)8-10-20/h7-12,14-15H,5-6,13,17H2,1-4H3/b22-14+. The SMILES string of the molecule is CCCCN1C(=O)C(C#N)=C(C)/C(=C\c2ccc(OCc3ccc(C)cc3)c(OC)c2)C1=O. The largest absolute Gasteiger partial charge is 0.493 e. The number of ether oxygens (including phenoxy) is 2. The summed E-state index contributed by atoms with van der Waals surface area (Å²) in [6.45, 7) is 6.34. The maximum absolute atomic E-state index is 13.1. The van der Waals surface area contributed by atoms with E-state index in [1.807, 2.05) is 50.2 Å². The zero-order chi connectivity index (χ0) is 24.0. The minimum absolute atomic E-state index is 0.00182. The molecule has 1 aliphatic rings. The molecule has 3 rings (SSSR count). The Kier molecular flexibility index (Phi) is 7.68. The number of unbranched alkanes of at least 4 members (excludes halogenated alkanes) is 1. The Hall–Kier alpha value is -3.85. The molecule has 6 nitrogen and oxygen atoms in total. The zero-order valence-corrected chi connectivity index (χ0v) is 19.5. The van der Waals surface area contributed by atoms with Crippen LogP contribution in [0.4, 0.5) is 0 Å². The van der Waals surface area contributed by atoms with Crippen LogP contribution >= 0.6 is 0 Å². The molecule has 2 aromatic carbocycles. The second-order valence-electron chi connectivity index (χ2n) is 7.97. The van der Waals surface area contributed by atoms with Gasteiger partial charge < -0.3 is 9.47 Å². The Morgan fingerprint density at radius 3 is 2.39 bits per heavy atom. The van der Waals surface area contributed by atoms with E-state index in [-0.39, 0.29) is 11.5 Å². The molecule has 0 bridgehead atoms. The Bertz CT molecular complexity index is 1150. The van der Waals surface area contributed by atoms with Gasteiger partial charge in [0.15, 0.2) is 11.5 Å². The number of carbonyl (C=O) groups is 2. The van der Waals surface area contributed by atoms with Crippen LogP contribution < -0.4 is 9.47 Å². The van der Waals surface area contributed by atoms with Crippen LogP contribution in [0, 0.1) is 18.3 Å². The summed E-state index contributed by atoms with van der Waals surface area (Å²) in [4.78, 5) is 26.8. The summed E-state index contributed by atoms with van der Waals surface area (Å²) >= 11 is 0. The molecule has 1 aliphatic heterocycles. The maximum atomic E-state index is 13.1. The molecule has 0 atom stereocenters. The van der Waals surface area contributed by atoms with Crippen LogP contribution in [0.25, 0.3) is 6.08 Å². The molecule has 0 unspecified atom stereocenters. The summed E-state index contributed by atoms with van der Waals surface area (Å²) in [5.74, 6) is 0.201. The monoisotopic (exact) mass is 444 g/mol. The first-order valence-electron chi connectivity index (χ1n) is 10.9. The van der Waals surface area contributed by atoms with Gasteiger partial charge in [-0.3, -0.25) is 14.5 Å². The summed E-state index contributed by atoms with van der Waals surface area (Å²) in [6, 6.07) is 15.4. The first kappa shape index (κ1) is 23.8. The second-order valence-corrected chi connectivity index (χ2v) is 7.97. The number of rotatable bonds is 8. The number of imide groups is 1. The number of amides is 2. The van der Waals surface area contributed by atoms with Gasteiger partial charge in [0, 0.05) is 12.1 Å². The summed E-state index contributed by atoms with van der Waals surface area (Å²) in [6.07, 6.45) is 3.21. The van der Waals surface area contributed by atoms with E-state index >= 15 is 0 Å². The lowest BCUT2D eigenvalue weighted by molar-refractivity contribution is -0.140. The van der Waals surface area contributed by atoms with E-state index in [9.17, 15) is 14.9 Å². The van der Waals surface area contributed by atoms with Gasteiger partial charge in [0.1, 0.15) is 18.2 Å². The highest BCUT2D eigenvalue weighted by atomic mass is 16.5. The van der Waals surface area contributed by atoms with Crippen LogP contribution in [0.2, 0.25) is 0 Å². The van der Waals surface area contributed by atoms with Crippen molar-refractivity contribution < 1.29 is 19.1 Å². The third-order valence-corrected chi connectivity index (χ3v) is 5.57. The molecule has 0 aliphatic carbocycles. The quantitative estimate of drug-likeness (QED) is 0.424. The molecular formula is C27H28N2O4. The summed E-state index contributed by atoms with van der Waals surface area (Å²) < 4.78 is 11.4. The van der Waals surface area contributed by atoms with Crippen LogP contribution in [0.5, 0.6) is 11.5 Å². The van der Waals surface area contributed by atoms with E-state index in [0.29, 0.717) is 47.8 Å². The molecule has 0 radical (unpaired) electrons. The van der Waals surface area contributed by atoms with Crippen molar-refractivity contribution in [1.82, 2.24) is 4.90 Å². The van der Waals surface area contributed by atoms with Crippen LogP contribution in [0.1, 0.15) is 43.4 Å². The Labute approximate surface area is 194 Å². The molecule has 6 heteroatoms. The van der Waals surface area contributed by atoms with Crippen LogP contribution in [-0.4, -0.2) is 30.4 Å². The van der Waals surface area contributed by atoms with Crippen molar-refractivity contribution in [2.24, 2.45) is 0 Å². The van der Waals surface area contributed by atoms with Gasteiger partial charge in [0.25, 0.3) is 11.8 Å². The lowest BCUT2D eigenvalue weighted by Gasteiger charge is -2.27. The number of benzene rings is 2. The summed E-state index contributed by atoms with van der Waals surface area (Å²) in [5.41, 5.74) is 3.66. The number of nitrogens with zero attached hydrogens (tertiary/aromatic N) is 2. The number of nitriles is 1. The van der Waals surface area contributed by atoms with Crippen molar-refractivity contribution in [3.8, 4) is 17.6 Å². The van der Waals surface area contributed by atoms with Gasteiger partial charge in [0.05, 0.1) is 7.11 Å². The van der Waals surface area contributed by atoms with E-state index in [1.165, 1.54) is 5.56 Å². The number of hydrogen-bond acceptors (Lipinski definition) is 5. The first-order valence-corrected chi connectivity index (χ1v) is 10.9. The van der Waals surface area contributed by atoms with Crippen molar-refractivity contribution in [2.75, 3.05) is 13.7 Å².